The summed E-state index contributed by atoms with van der Waals surface area (Å²) >= 11 is 0. The van der Waals surface area contributed by atoms with E-state index in [4.69, 9.17) is 0 Å². The van der Waals surface area contributed by atoms with E-state index in [9.17, 15) is 15.0 Å². The van der Waals surface area contributed by atoms with Crippen LogP contribution in [-0.2, 0) is 4.79 Å². The van der Waals surface area contributed by atoms with Crippen LogP contribution in [0.2, 0.25) is 0 Å². The number of hydrogen-bond acceptors (Lipinski definition) is 3. The maximum atomic E-state index is 12.5. The van der Waals surface area contributed by atoms with Gasteiger partial charge in [0.2, 0.25) is 5.91 Å². The lowest BCUT2D eigenvalue weighted by Crippen LogP contribution is -2.45. The van der Waals surface area contributed by atoms with Crippen molar-refractivity contribution in [2.24, 2.45) is 0 Å². The summed E-state index contributed by atoms with van der Waals surface area (Å²) in [5, 5.41) is 23.2. The summed E-state index contributed by atoms with van der Waals surface area (Å²) in [5.41, 5.74) is 0. The summed E-state index contributed by atoms with van der Waals surface area (Å²) in [5.74, 6) is -0.0921. The standard InChI is InChI=1S/C70H115NO3/c1-3-5-7-9-11-13-15-17-19-21-23-25-27-28-29-30-31-32-33-34-35-36-37-38-39-40-41-42-44-46-48-50-52-54-56-58-60-62-64-66-70(74)71-68(67-72)69(73)65-63-61-59-57-55-53-51-49-47-45-43-26-24-22-20-18-16-14-12-10-8-6-4-2/h5,7,11,13,17,19,23,25,28-29,31-32,34-35,37-38,40-41,44,46-47,49,55,57,63,65,68-69,72-73H,3-4,6,8-10,12,14-16,18,20-22,24,26-27,30,33,36,39,42-43,45,48,50-54,56,58-62,64,66-67H2,1-2H3,(H,71,74)/b7-5-,13-11-,19-17-,25-23-,29-28-,32-31-,35-34-,38-37-,41-40-,46-44-,49-47+,57-55+,65-63+. The zero-order valence-corrected chi connectivity index (χ0v) is 48.0. The molecule has 74 heavy (non-hydrogen) atoms. The second kappa shape index (κ2) is 63.3. The molecule has 0 aromatic heterocycles. The van der Waals surface area contributed by atoms with Crippen molar-refractivity contribution in [1.29, 1.82) is 0 Å². The minimum atomic E-state index is -0.886. The van der Waals surface area contributed by atoms with Gasteiger partial charge in [-0.15, -0.1) is 0 Å². The highest BCUT2D eigenvalue weighted by Crippen LogP contribution is 2.14. The highest BCUT2D eigenvalue weighted by atomic mass is 16.3. The number of carbonyl (C=O) groups is 1. The van der Waals surface area contributed by atoms with E-state index in [1.807, 2.05) is 6.08 Å². The van der Waals surface area contributed by atoms with E-state index in [1.54, 1.807) is 6.08 Å². The molecule has 0 aliphatic rings. The fourth-order valence-electron chi connectivity index (χ4n) is 8.36. The molecule has 0 rings (SSSR count). The molecule has 2 atom stereocenters. The number of allylic oxidation sites excluding steroid dienone is 25. The molecule has 0 aromatic rings. The Labute approximate surface area is 458 Å². The number of rotatable bonds is 54. The first-order valence-corrected chi connectivity index (χ1v) is 30.7. The Morgan fingerprint density at radius 2 is 0.608 bits per heavy atom. The van der Waals surface area contributed by atoms with E-state index in [0.29, 0.717) is 6.42 Å². The Morgan fingerprint density at radius 3 is 0.946 bits per heavy atom. The predicted molar refractivity (Wildman–Crippen MR) is 331 cm³/mol. The van der Waals surface area contributed by atoms with Gasteiger partial charge in [-0.2, -0.15) is 0 Å². The van der Waals surface area contributed by atoms with E-state index in [-0.39, 0.29) is 12.5 Å². The third-order valence-electron chi connectivity index (χ3n) is 13.0. The summed E-state index contributed by atoms with van der Waals surface area (Å²) in [4.78, 5) is 12.5. The van der Waals surface area contributed by atoms with Crippen LogP contribution in [0.5, 0.6) is 0 Å². The minimum absolute atomic E-state index is 0.0921. The summed E-state index contributed by atoms with van der Waals surface area (Å²) < 4.78 is 0. The van der Waals surface area contributed by atoms with Gasteiger partial charge in [0, 0.05) is 6.42 Å². The number of unbranched alkanes of at least 4 members (excludes halogenated alkanes) is 23. The first-order chi connectivity index (χ1) is 36.7. The number of nitrogens with one attached hydrogen (secondary N) is 1. The van der Waals surface area contributed by atoms with Crippen molar-refractivity contribution < 1.29 is 15.0 Å². The molecule has 0 spiro atoms. The molecule has 3 N–H and O–H groups in total. The molecule has 4 heteroatoms. The molecule has 0 aromatic carbocycles. The molecule has 0 saturated heterocycles. The first-order valence-electron chi connectivity index (χ1n) is 30.7. The lowest BCUT2D eigenvalue weighted by molar-refractivity contribution is -0.123. The molecule has 418 valence electrons. The van der Waals surface area contributed by atoms with Crippen LogP contribution in [0.4, 0.5) is 0 Å². The van der Waals surface area contributed by atoms with Gasteiger partial charge in [-0.05, 0) is 122 Å². The Kier molecular flexibility index (Phi) is 59.9. The first kappa shape index (κ1) is 70.0. The lowest BCUT2D eigenvalue weighted by Gasteiger charge is -2.19. The Hall–Kier alpha value is -3.99. The third-order valence-corrected chi connectivity index (χ3v) is 13.0. The van der Waals surface area contributed by atoms with Crippen LogP contribution in [0.1, 0.15) is 258 Å². The highest BCUT2D eigenvalue weighted by Gasteiger charge is 2.18. The molecule has 2 unspecified atom stereocenters. The Balaban J connectivity index is 3.67. The van der Waals surface area contributed by atoms with Gasteiger partial charge in [0.15, 0.2) is 0 Å². The summed E-state index contributed by atoms with van der Waals surface area (Å²) in [6.45, 7) is 4.18. The zero-order chi connectivity index (χ0) is 53.4. The average molecular weight is 1020 g/mol. The number of aliphatic hydroxyl groups excluding tert-OH is 2. The van der Waals surface area contributed by atoms with Crippen LogP contribution in [0.15, 0.2) is 158 Å². The molecule has 0 bridgehead atoms. The number of hydrogen-bond donors (Lipinski definition) is 3. The van der Waals surface area contributed by atoms with Crippen molar-refractivity contribution in [2.45, 2.75) is 270 Å². The van der Waals surface area contributed by atoms with Crippen molar-refractivity contribution >= 4 is 5.91 Å². The molecular weight excluding hydrogens is 903 g/mol. The van der Waals surface area contributed by atoms with Gasteiger partial charge < -0.3 is 15.5 Å². The molecule has 0 aliphatic carbocycles. The monoisotopic (exact) mass is 1020 g/mol. The molecule has 4 nitrogen and oxygen atoms in total. The topological polar surface area (TPSA) is 69.6 Å². The zero-order valence-electron chi connectivity index (χ0n) is 48.0. The van der Waals surface area contributed by atoms with Crippen molar-refractivity contribution in [1.82, 2.24) is 5.32 Å². The smallest absolute Gasteiger partial charge is 0.220 e. The lowest BCUT2D eigenvalue weighted by atomic mass is 10.0. The summed E-state index contributed by atoms with van der Waals surface area (Å²) in [6, 6.07) is -0.663. The molecular formula is C70H115NO3. The average Bonchev–Trinajstić information content (AvgIpc) is 3.40. The maximum Gasteiger partial charge on any atom is 0.220 e. The normalized spacial score (nSPS) is 13.9. The number of aliphatic hydroxyl groups is 2. The molecule has 0 heterocycles. The van der Waals surface area contributed by atoms with Gasteiger partial charge in [-0.1, -0.05) is 287 Å². The number of carbonyl (C=O) groups excluding carboxylic acids is 1. The fourth-order valence-corrected chi connectivity index (χ4v) is 8.36. The van der Waals surface area contributed by atoms with E-state index < -0.39 is 12.1 Å². The molecule has 0 aliphatic heterocycles. The quantitative estimate of drug-likeness (QED) is 0.0420. The van der Waals surface area contributed by atoms with Gasteiger partial charge >= 0.3 is 0 Å². The van der Waals surface area contributed by atoms with Gasteiger partial charge in [0.1, 0.15) is 0 Å². The van der Waals surface area contributed by atoms with Crippen LogP contribution in [0, 0.1) is 0 Å². The van der Waals surface area contributed by atoms with Crippen LogP contribution in [-0.4, -0.2) is 34.9 Å². The molecule has 0 saturated carbocycles. The second-order valence-electron chi connectivity index (χ2n) is 20.0. The van der Waals surface area contributed by atoms with Gasteiger partial charge in [-0.3, -0.25) is 4.79 Å². The molecule has 1 amide bonds. The SMILES string of the molecule is CC/C=C\C/C=C\C/C=C\C/C=C\C/C=C\C/C=C\C/C=C\C/C=C\C/C=C\C/C=C\CCCCCCCCCCC(=O)NC(CO)C(O)/C=C/CC/C=C/CC/C=C/CCCCCCCCCCCCCCC. The highest BCUT2D eigenvalue weighted by molar-refractivity contribution is 5.76. The van der Waals surface area contributed by atoms with E-state index >= 15 is 0 Å². The predicted octanol–water partition coefficient (Wildman–Crippen LogP) is 20.9. The fraction of sp³-hybridized carbons (Fsp3) is 0.614. The van der Waals surface area contributed by atoms with Gasteiger partial charge in [-0.25, -0.2) is 0 Å². The minimum Gasteiger partial charge on any atom is -0.394 e. The van der Waals surface area contributed by atoms with Crippen molar-refractivity contribution in [3.63, 3.8) is 0 Å². The Bertz CT molecular complexity index is 1580. The van der Waals surface area contributed by atoms with Crippen molar-refractivity contribution in [3.8, 4) is 0 Å². The van der Waals surface area contributed by atoms with Gasteiger partial charge in [0.25, 0.3) is 0 Å². The Morgan fingerprint density at radius 1 is 0.338 bits per heavy atom. The second-order valence-corrected chi connectivity index (χ2v) is 20.0. The van der Waals surface area contributed by atoms with Crippen LogP contribution in [0.25, 0.3) is 0 Å². The van der Waals surface area contributed by atoms with E-state index in [0.717, 1.165) is 116 Å². The number of amides is 1. The molecule has 0 radical (unpaired) electrons. The molecule has 0 fully saturated rings. The van der Waals surface area contributed by atoms with Crippen molar-refractivity contribution in [2.75, 3.05) is 6.61 Å². The van der Waals surface area contributed by atoms with Crippen LogP contribution < -0.4 is 5.32 Å². The van der Waals surface area contributed by atoms with Crippen LogP contribution in [0.3, 0.4) is 0 Å². The van der Waals surface area contributed by atoms with Gasteiger partial charge in [0.05, 0.1) is 18.8 Å². The summed E-state index contributed by atoms with van der Waals surface area (Å²) in [6.07, 6.45) is 101. The van der Waals surface area contributed by atoms with Crippen LogP contribution >= 0.6 is 0 Å². The summed E-state index contributed by atoms with van der Waals surface area (Å²) in [7, 11) is 0. The third kappa shape index (κ3) is 58.9. The maximum absolute atomic E-state index is 12.5. The van der Waals surface area contributed by atoms with E-state index in [2.05, 4.69) is 165 Å². The van der Waals surface area contributed by atoms with E-state index in [1.165, 1.54) is 122 Å². The largest absolute Gasteiger partial charge is 0.394 e. The van der Waals surface area contributed by atoms with Crippen molar-refractivity contribution in [3.05, 3.63) is 158 Å².